The molecule has 0 atom stereocenters. The van der Waals surface area contributed by atoms with Crippen molar-refractivity contribution in [2.75, 3.05) is 23.5 Å². The summed E-state index contributed by atoms with van der Waals surface area (Å²) in [5, 5.41) is 12.3. The van der Waals surface area contributed by atoms with Crippen molar-refractivity contribution >= 4 is 75.0 Å². The number of nitrogens with one attached hydrogen (secondary N) is 1. The lowest BCUT2D eigenvalue weighted by Gasteiger charge is -2.12. The number of rotatable bonds is 6. The average molecular weight is 435 g/mol. The van der Waals surface area contributed by atoms with E-state index in [2.05, 4.69) is 15.5 Å². The van der Waals surface area contributed by atoms with Crippen LogP contribution in [-0.2, 0) is 15.3 Å². The third-order valence-corrected chi connectivity index (χ3v) is 6.87. The number of aromatic nitrogens is 2. The highest BCUT2D eigenvalue weighted by Gasteiger charge is 2.23. The van der Waals surface area contributed by atoms with E-state index in [1.54, 1.807) is 18.2 Å². The Bertz CT molecular complexity index is 782. The second-order valence-electron chi connectivity index (χ2n) is 4.98. The number of amides is 2. The zero-order chi connectivity index (χ0) is 17.8. The summed E-state index contributed by atoms with van der Waals surface area (Å²) >= 11 is 16.5. The van der Waals surface area contributed by atoms with Gasteiger partial charge in [0.15, 0.2) is 4.34 Å². The summed E-state index contributed by atoms with van der Waals surface area (Å²) in [4.78, 5) is 25.0. The molecule has 0 radical (unpaired) electrons. The normalized spacial score (nSPS) is 14.2. The molecule has 2 amide bonds. The maximum Gasteiger partial charge on any atom is 0.245 e. The summed E-state index contributed by atoms with van der Waals surface area (Å²) in [5.74, 6) is 1.23. The van der Waals surface area contributed by atoms with Gasteiger partial charge in [0.05, 0.1) is 11.6 Å². The van der Waals surface area contributed by atoms with E-state index in [9.17, 15) is 9.59 Å². The Balaban J connectivity index is 1.53. The van der Waals surface area contributed by atoms with Crippen LogP contribution < -0.4 is 5.32 Å². The molecule has 1 aliphatic heterocycles. The quantitative estimate of drug-likeness (QED) is 0.552. The number of nitrogens with zero attached hydrogens (tertiary/aromatic N) is 3. The summed E-state index contributed by atoms with van der Waals surface area (Å²) in [5.41, 5.74) is 0.835. The molecule has 1 aromatic carbocycles. The fraction of sp³-hybridized carbons (Fsp3) is 0.286. The minimum atomic E-state index is -0.280. The smallest absolute Gasteiger partial charge is 0.245 e. The molecule has 3 rings (SSSR count). The molecule has 6 nitrogen and oxygen atoms in total. The zero-order valence-electron chi connectivity index (χ0n) is 12.7. The van der Waals surface area contributed by atoms with Crippen molar-refractivity contribution in [3.05, 3.63) is 33.8 Å². The third-order valence-electron chi connectivity index (χ3n) is 3.21. The van der Waals surface area contributed by atoms with Crippen LogP contribution in [0.3, 0.4) is 0 Å². The first-order valence-electron chi connectivity index (χ1n) is 7.07. The summed E-state index contributed by atoms with van der Waals surface area (Å²) in [7, 11) is 0. The van der Waals surface area contributed by atoms with Gasteiger partial charge in [-0.2, -0.15) is 0 Å². The van der Waals surface area contributed by atoms with Crippen LogP contribution in [-0.4, -0.2) is 45.1 Å². The molecule has 0 unspecified atom stereocenters. The molecule has 1 aromatic heterocycles. The molecule has 132 valence electrons. The molecule has 0 aliphatic carbocycles. The highest BCUT2D eigenvalue weighted by molar-refractivity contribution is 8.00. The summed E-state index contributed by atoms with van der Waals surface area (Å²) in [6.07, 6.45) is 0. The zero-order valence-corrected chi connectivity index (χ0v) is 16.7. The van der Waals surface area contributed by atoms with Crippen LogP contribution in [0.25, 0.3) is 0 Å². The molecule has 11 heteroatoms. The molecular formula is C14H12Cl2N4O2S3. The minimum Gasteiger partial charge on any atom is -0.323 e. The van der Waals surface area contributed by atoms with Gasteiger partial charge in [0.1, 0.15) is 6.54 Å². The Morgan fingerprint density at radius 3 is 2.76 bits per heavy atom. The number of thioether (sulfide) groups is 2. The number of anilines is 1. The van der Waals surface area contributed by atoms with Crippen molar-refractivity contribution in [3.63, 3.8) is 0 Å². The van der Waals surface area contributed by atoms with Gasteiger partial charge in [-0.3, -0.25) is 14.9 Å². The molecule has 0 spiro atoms. The first kappa shape index (κ1) is 18.8. The molecule has 1 saturated heterocycles. The van der Waals surface area contributed by atoms with Crippen molar-refractivity contribution in [3.8, 4) is 0 Å². The van der Waals surface area contributed by atoms with E-state index in [-0.39, 0.29) is 18.4 Å². The first-order chi connectivity index (χ1) is 12.0. The maximum absolute atomic E-state index is 12.0. The van der Waals surface area contributed by atoms with Gasteiger partial charge in [-0.05, 0) is 17.7 Å². The van der Waals surface area contributed by atoms with Gasteiger partial charge in [-0.15, -0.1) is 22.0 Å². The fourth-order valence-corrected chi connectivity index (χ4v) is 5.41. The van der Waals surface area contributed by atoms with Crippen LogP contribution in [0.15, 0.2) is 22.5 Å². The van der Waals surface area contributed by atoms with E-state index in [0.717, 1.165) is 5.56 Å². The van der Waals surface area contributed by atoms with Gasteiger partial charge in [0, 0.05) is 15.8 Å². The fourth-order valence-electron chi connectivity index (χ4n) is 2.00. The van der Waals surface area contributed by atoms with Crippen molar-refractivity contribution < 1.29 is 9.59 Å². The highest BCUT2D eigenvalue weighted by Crippen LogP contribution is 2.33. The van der Waals surface area contributed by atoms with Gasteiger partial charge in [0.2, 0.25) is 16.9 Å². The SMILES string of the molecule is O=C(CN1CSCC1=O)Nc1nnc(SCc2c(Cl)cccc2Cl)s1. The number of hydrogen-bond donors (Lipinski definition) is 1. The predicted octanol–water partition coefficient (Wildman–Crippen LogP) is 3.61. The van der Waals surface area contributed by atoms with E-state index in [4.69, 9.17) is 23.2 Å². The maximum atomic E-state index is 12.0. The topological polar surface area (TPSA) is 75.2 Å². The lowest BCUT2D eigenvalue weighted by atomic mass is 10.2. The van der Waals surface area contributed by atoms with Crippen LogP contribution in [0.2, 0.25) is 10.0 Å². The third kappa shape index (κ3) is 5.01. The van der Waals surface area contributed by atoms with E-state index in [0.29, 0.717) is 36.9 Å². The summed E-state index contributed by atoms with van der Waals surface area (Å²) in [6.45, 7) is 0.0309. The van der Waals surface area contributed by atoms with Crippen molar-refractivity contribution in [2.24, 2.45) is 0 Å². The van der Waals surface area contributed by atoms with Crippen LogP contribution in [0.5, 0.6) is 0 Å². The number of halogens is 2. The monoisotopic (exact) mass is 434 g/mol. The lowest BCUT2D eigenvalue weighted by Crippen LogP contribution is -2.34. The number of benzene rings is 1. The Kier molecular flexibility index (Phi) is 6.45. The molecule has 0 saturated carbocycles. The van der Waals surface area contributed by atoms with Crippen molar-refractivity contribution in [1.82, 2.24) is 15.1 Å². The molecular weight excluding hydrogens is 423 g/mol. The standard InChI is InChI=1S/C14H12Cl2N4O2S3/c15-9-2-1-3-10(16)8(9)5-24-14-19-18-13(25-14)17-11(21)4-20-7-23-6-12(20)22/h1-3H,4-7H2,(H,17,18,21). The van der Waals surface area contributed by atoms with Crippen LogP contribution in [0, 0.1) is 0 Å². The molecule has 0 bridgehead atoms. The minimum absolute atomic E-state index is 0.0229. The number of carbonyl (C=O) groups is 2. The highest BCUT2D eigenvalue weighted by atomic mass is 35.5. The van der Waals surface area contributed by atoms with Gasteiger partial charge < -0.3 is 4.90 Å². The largest absolute Gasteiger partial charge is 0.323 e. The second kappa shape index (κ2) is 8.59. The summed E-state index contributed by atoms with van der Waals surface area (Å²) in [6, 6.07) is 5.36. The van der Waals surface area contributed by atoms with E-state index in [1.807, 2.05) is 0 Å². The first-order valence-corrected chi connectivity index (χ1v) is 10.8. The second-order valence-corrected chi connectivity index (χ2v) is 8.95. The van der Waals surface area contributed by atoms with Crippen LogP contribution >= 0.6 is 58.1 Å². The van der Waals surface area contributed by atoms with Crippen molar-refractivity contribution in [2.45, 2.75) is 10.1 Å². The summed E-state index contributed by atoms with van der Waals surface area (Å²) < 4.78 is 0.694. The average Bonchev–Trinajstić information content (AvgIpc) is 3.16. The number of hydrogen-bond acceptors (Lipinski definition) is 7. The van der Waals surface area contributed by atoms with E-state index < -0.39 is 0 Å². The van der Waals surface area contributed by atoms with Crippen LogP contribution in [0.4, 0.5) is 5.13 Å². The van der Waals surface area contributed by atoms with Gasteiger partial charge >= 0.3 is 0 Å². The van der Waals surface area contributed by atoms with Gasteiger partial charge in [0.25, 0.3) is 0 Å². The Morgan fingerprint density at radius 1 is 1.32 bits per heavy atom. The molecule has 1 N–H and O–H groups in total. The molecule has 25 heavy (non-hydrogen) atoms. The molecule has 2 aromatic rings. The predicted molar refractivity (Wildman–Crippen MR) is 104 cm³/mol. The van der Waals surface area contributed by atoms with Gasteiger partial charge in [-0.25, -0.2) is 0 Å². The Labute approximate surface area is 166 Å². The molecule has 1 fully saturated rings. The molecule has 2 heterocycles. The lowest BCUT2D eigenvalue weighted by molar-refractivity contribution is -0.130. The Morgan fingerprint density at radius 2 is 2.08 bits per heavy atom. The van der Waals surface area contributed by atoms with E-state index >= 15 is 0 Å². The Hall–Kier alpha value is -1.000. The van der Waals surface area contributed by atoms with Crippen LogP contribution in [0.1, 0.15) is 5.56 Å². The van der Waals surface area contributed by atoms with Gasteiger partial charge in [-0.1, -0.05) is 52.4 Å². The van der Waals surface area contributed by atoms with E-state index in [1.165, 1.54) is 39.8 Å². The van der Waals surface area contributed by atoms with Crippen molar-refractivity contribution in [1.29, 1.82) is 0 Å². The molecule has 1 aliphatic rings. The number of carbonyl (C=O) groups excluding carboxylic acids is 2.